The summed E-state index contributed by atoms with van der Waals surface area (Å²) in [5.74, 6) is 0.0403. The van der Waals surface area contributed by atoms with Gasteiger partial charge in [0, 0.05) is 41.8 Å². The molecule has 4 heteroatoms. The van der Waals surface area contributed by atoms with Crippen molar-refractivity contribution in [3.8, 4) is 5.69 Å². The van der Waals surface area contributed by atoms with Gasteiger partial charge in [0.15, 0.2) is 0 Å². The number of amides is 1. The van der Waals surface area contributed by atoms with E-state index in [0.717, 1.165) is 37.5 Å². The zero-order valence-electron chi connectivity index (χ0n) is 18.8. The number of hydrogen-bond donors (Lipinski definition) is 1. The van der Waals surface area contributed by atoms with Crippen LogP contribution >= 0.6 is 0 Å². The van der Waals surface area contributed by atoms with E-state index in [4.69, 9.17) is 0 Å². The Hall–Kier alpha value is -2.07. The molecule has 2 aliphatic rings. The third-order valence-electron chi connectivity index (χ3n) is 7.00. The summed E-state index contributed by atoms with van der Waals surface area (Å²) in [4.78, 5) is 15.2. The van der Waals surface area contributed by atoms with E-state index in [-0.39, 0.29) is 5.91 Å². The van der Waals surface area contributed by atoms with Gasteiger partial charge in [-0.2, -0.15) is 0 Å². The number of rotatable bonds is 7. The highest BCUT2D eigenvalue weighted by atomic mass is 16.1. The van der Waals surface area contributed by atoms with Crippen molar-refractivity contribution in [1.82, 2.24) is 14.8 Å². The van der Waals surface area contributed by atoms with Gasteiger partial charge in [-0.1, -0.05) is 13.3 Å². The molecule has 1 aliphatic heterocycles. The highest BCUT2D eigenvalue weighted by Gasteiger charge is 2.20. The maximum atomic E-state index is 12.6. The third kappa shape index (κ3) is 4.64. The molecule has 1 saturated heterocycles. The molecule has 1 atom stereocenters. The van der Waals surface area contributed by atoms with Crippen molar-refractivity contribution in [3.63, 3.8) is 0 Å². The molecule has 1 aromatic heterocycles. The van der Waals surface area contributed by atoms with Crippen LogP contribution in [0.2, 0.25) is 0 Å². The maximum absolute atomic E-state index is 12.6. The molecule has 2 heterocycles. The minimum Gasteiger partial charge on any atom is -0.352 e. The van der Waals surface area contributed by atoms with E-state index in [1.807, 2.05) is 12.1 Å². The summed E-state index contributed by atoms with van der Waals surface area (Å²) < 4.78 is 2.37. The Kier molecular flexibility index (Phi) is 6.93. The van der Waals surface area contributed by atoms with Crippen LogP contribution in [-0.4, -0.2) is 41.1 Å². The average Bonchev–Trinajstić information content (AvgIpc) is 3.12. The van der Waals surface area contributed by atoms with Gasteiger partial charge in [0.1, 0.15) is 0 Å². The van der Waals surface area contributed by atoms with Gasteiger partial charge in [-0.3, -0.25) is 4.79 Å². The fraction of sp³-hybridized carbons (Fsp3) is 0.577. The standard InChI is InChI=1S/C26H37N3O/c1-3-23-10-6-7-17-28(23)18-8-16-27-26(30)21-12-14-24(15-13-21)29-20(2)19-22-9-4-5-11-25(22)29/h12-15,19,23H,3-11,16-18H2,1-2H3,(H,27,30)/t23-/m0/s1. The molecule has 1 N–H and O–H groups in total. The van der Waals surface area contributed by atoms with Crippen molar-refractivity contribution in [2.24, 2.45) is 0 Å². The number of piperidine rings is 1. The summed E-state index contributed by atoms with van der Waals surface area (Å²) in [6.07, 6.45) is 11.2. The van der Waals surface area contributed by atoms with Gasteiger partial charge in [-0.25, -0.2) is 0 Å². The molecule has 0 radical (unpaired) electrons. The normalized spacial score (nSPS) is 19.5. The molecule has 2 aromatic rings. The molecule has 0 unspecified atom stereocenters. The van der Waals surface area contributed by atoms with Gasteiger partial charge in [0.05, 0.1) is 0 Å². The molecule has 4 rings (SSSR count). The lowest BCUT2D eigenvalue weighted by Gasteiger charge is -2.35. The summed E-state index contributed by atoms with van der Waals surface area (Å²) in [6.45, 7) is 7.54. The first kappa shape index (κ1) is 21.2. The molecule has 30 heavy (non-hydrogen) atoms. The van der Waals surface area contributed by atoms with Crippen molar-refractivity contribution in [2.75, 3.05) is 19.6 Å². The maximum Gasteiger partial charge on any atom is 0.251 e. The van der Waals surface area contributed by atoms with Gasteiger partial charge in [0.25, 0.3) is 5.91 Å². The molecule has 1 amide bonds. The van der Waals surface area contributed by atoms with Gasteiger partial charge >= 0.3 is 0 Å². The minimum absolute atomic E-state index is 0.0403. The Balaban J connectivity index is 1.31. The second-order valence-corrected chi connectivity index (χ2v) is 9.05. The SMILES string of the molecule is CC[C@H]1CCCCN1CCCNC(=O)c1ccc(-n2c(C)cc3c2CCCC3)cc1. The number of nitrogens with one attached hydrogen (secondary N) is 1. The Morgan fingerprint density at radius 1 is 1.10 bits per heavy atom. The predicted molar refractivity (Wildman–Crippen MR) is 124 cm³/mol. The number of fused-ring (bicyclic) bond motifs is 1. The highest BCUT2D eigenvalue weighted by Crippen LogP contribution is 2.28. The lowest BCUT2D eigenvalue weighted by atomic mass is 9.98. The first-order valence-corrected chi connectivity index (χ1v) is 12.0. The van der Waals surface area contributed by atoms with Crippen LogP contribution in [0.15, 0.2) is 30.3 Å². The Labute approximate surface area is 181 Å². The van der Waals surface area contributed by atoms with Gasteiger partial charge < -0.3 is 14.8 Å². The quantitative estimate of drug-likeness (QED) is 0.652. The fourth-order valence-corrected chi connectivity index (χ4v) is 5.38. The zero-order valence-corrected chi connectivity index (χ0v) is 18.8. The van der Waals surface area contributed by atoms with Crippen molar-refractivity contribution in [1.29, 1.82) is 0 Å². The first-order chi connectivity index (χ1) is 14.7. The van der Waals surface area contributed by atoms with Gasteiger partial charge in [0.2, 0.25) is 0 Å². The number of aromatic nitrogens is 1. The number of aryl methyl sites for hydroxylation is 2. The van der Waals surface area contributed by atoms with Crippen molar-refractivity contribution in [2.45, 2.75) is 77.7 Å². The lowest BCUT2D eigenvalue weighted by molar-refractivity contribution is 0.0947. The number of nitrogens with zero attached hydrogens (tertiary/aromatic N) is 2. The summed E-state index contributed by atoms with van der Waals surface area (Å²) in [5.41, 5.74) is 6.17. The van der Waals surface area contributed by atoms with Gasteiger partial charge in [-0.05, 0) is 101 Å². The number of carbonyl (C=O) groups excluding carboxylic acids is 1. The molecule has 0 saturated carbocycles. The molecule has 0 bridgehead atoms. The molecule has 0 spiro atoms. The Morgan fingerprint density at radius 2 is 1.90 bits per heavy atom. The Morgan fingerprint density at radius 3 is 2.70 bits per heavy atom. The molecule has 1 fully saturated rings. The summed E-state index contributed by atoms with van der Waals surface area (Å²) in [6, 6.07) is 11.2. The summed E-state index contributed by atoms with van der Waals surface area (Å²) >= 11 is 0. The van der Waals surface area contributed by atoms with Crippen LogP contribution in [0.3, 0.4) is 0 Å². The second kappa shape index (κ2) is 9.82. The van der Waals surface area contributed by atoms with Crippen LogP contribution in [0, 0.1) is 6.92 Å². The monoisotopic (exact) mass is 407 g/mol. The molecular formula is C26H37N3O. The highest BCUT2D eigenvalue weighted by molar-refractivity contribution is 5.94. The topological polar surface area (TPSA) is 37.3 Å². The fourth-order valence-electron chi connectivity index (χ4n) is 5.38. The number of benzene rings is 1. The van der Waals surface area contributed by atoms with Crippen LogP contribution in [0.25, 0.3) is 5.69 Å². The van der Waals surface area contributed by atoms with E-state index >= 15 is 0 Å². The zero-order chi connectivity index (χ0) is 20.9. The first-order valence-electron chi connectivity index (χ1n) is 12.0. The predicted octanol–water partition coefficient (Wildman–Crippen LogP) is 5.05. The van der Waals surface area contributed by atoms with Crippen LogP contribution in [0.1, 0.15) is 79.2 Å². The third-order valence-corrected chi connectivity index (χ3v) is 7.00. The molecule has 4 nitrogen and oxygen atoms in total. The second-order valence-electron chi connectivity index (χ2n) is 9.05. The number of hydrogen-bond acceptors (Lipinski definition) is 2. The van der Waals surface area contributed by atoms with E-state index < -0.39 is 0 Å². The van der Waals surface area contributed by atoms with Crippen LogP contribution < -0.4 is 5.32 Å². The van der Waals surface area contributed by atoms with Crippen LogP contribution in [0.4, 0.5) is 0 Å². The van der Waals surface area contributed by atoms with Crippen LogP contribution in [0.5, 0.6) is 0 Å². The van der Waals surface area contributed by atoms with Crippen molar-refractivity contribution < 1.29 is 4.79 Å². The smallest absolute Gasteiger partial charge is 0.251 e. The van der Waals surface area contributed by atoms with E-state index in [1.165, 1.54) is 74.1 Å². The average molecular weight is 408 g/mol. The van der Waals surface area contributed by atoms with Crippen molar-refractivity contribution in [3.05, 3.63) is 52.8 Å². The molecular weight excluding hydrogens is 370 g/mol. The van der Waals surface area contributed by atoms with E-state index in [1.54, 1.807) is 0 Å². The summed E-state index contributed by atoms with van der Waals surface area (Å²) in [7, 11) is 0. The number of carbonyl (C=O) groups is 1. The Bertz CT molecular complexity index is 852. The summed E-state index contributed by atoms with van der Waals surface area (Å²) in [5, 5.41) is 3.11. The van der Waals surface area contributed by atoms with E-state index in [2.05, 4.69) is 46.8 Å². The number of likely N-dealkylation sites (tertiary alicyclic amines) is 1. The molecule has 1 aliphatic carbocycles. The van der Waals surface area contributed by atoms with Crippen LogP contribution in [-0.2, 0) is 12.8 Å². The largest absolute Gasteiger partial charge is 0.352 e. The minimum atomic E-state index is 0.0403. The van der Waals surface area contributed by atoms with E-state index in [9.17, 15) is 4.79 Å². The molecule has 1 aromatic carbocycles. The molecule has 162 valence electrons. The lowest BCUT2D eigenvalue weighted by Crippen LogP contribution is -2.40. The van der Waals surface area contributed by atoms with E-state index in [0.29, 0.717) is 0 Å². The van der Waals surface area contributed by atoms with Crippen molar-refractivity contribution >= 4 is 5.91 Å². The van der Waals surface area contributed by atoms with Gasteiger partial charge in [-0.15, -0.1) is 0 Å².